The molecule has 128 valence electrons. The van der Waals surface area contributed by atoms with Crippen LogP contribution in [0.25, 0.3) is 0 Å². The molecule has 2 aromatic carbocycles. The van der Waals surface area contributed by atoms with Gasteiger partial charge < -0.3 is 4.74 Å². The average Bonchev–Trinajstić information content (AvgIpc) is 2.94. The SMILES string of the molecule is Cc1ccccc1/C=N\n1c(COc2c(C)cccc2C)n[nH]c1=S. The van der Waals surface area contributed by atoms with E-state index in [9.17, 15) is 0 Å². The van der Waals surface area contributed by atoms with Gasteiger partial charge in [0, 0.05) is 0 Å². The molecule has 0 aliphatic heterocycles. The van der Waals surface area contributed by atoms with Crippen molar-refractivity contribution in [3.63, 3.8) is 0 Å². The highest BCUT2D eigenvalue weighted by Crippen LogP contribution is 2.23. The summed E-state index contributed by atoms with van der Waals surface area (Å²) in [7, 11) is 0. The second-order valence-electron chi connectivity index (χ2n) is 5.87. The topological polar surface area (TPSA) is 55.2 Å². The van der Waals surface area contributed by atoms with Crippen molar-refractivity contribution in [3.05, 3.63) is 75.3 Å². The molecule has 0 radical (unpaired) electrons. The van der Waals surface area contributed by atoms with E-state index in [0.717, 1.165) is 28.0 Å². The number of benzene rings is 2. The number of nitrogens with zero attached hydrogens (tertiary/aromatic N) is 3. The highest BCUT2D eigenvalue weighted by molar-refractivity contribution is 7.71. The summed E-state index contributed by atoms with van der Waals surface area (Å²) in [4.78, 5) is 0. The normalized spacial score (nSPS) is 11.2. The Bertz CT molecular complexity index is 951. The highest BCUT2D eigenvalue weighted by atomic mass is 32.1. The van der Waals surface area contributed by atoms with Gasteiger partial charge >= 0.3 is 0 Å². The van der Waals surface area contributed by atoms with E-state index < -0.39 is 0 Å². The van der Waals surface area contributed by atoms with Crippen LogP contribution in [0.15, 0.2) is 47.6 Å². The molecule has 0 unspecified atom stereocenters. The number of H-pyrrole nitrogens is 1. The molecular weight excluding hydrogens is 332 g/mol. The Balaban J connectivity index is 1.83. The maximum absolute atomic E-state index is 5.96. The summed E-state index contributed by atoms with van der Waals surface area (Å²) < 4.78 is 7.99. The van der Waals surface area contributed by atoms with Gasteiger partial charge in [-0.2, -0.15) is 14.9 Å². The predicted molar refractivity (Wildman–Crippen MR) is 102 cm³/mol. The molecule has 0 spiro atoms. The molecule has 6 heteroatoms. The molecule has 3 aromatic rings. The summed E-state index contributed by atoms with van der Waals surface area (Å²) in [5, 5.41) is 11.5. The van der Waals surface area contributed by atoms with Crippen molar-refractivity contribution in [3.8, 4) is 5.75 Å². The van der Waals surface area contributed by atoms with Crippen LogP contribution in [0.4, 0.5) is 0 Å². The fourth-order valence-corrected chi connectivity index (χ4v) is 2.75. The number of aryl methyl sites for hydroxylation is 3. The van der Waals surface area contributed by atoms with Crippen LogP contribution in [0.3, 0.4) is 0 Å². The predicted octanol–water partition coefficient (Wildman–Crippen LogP) is 4.33. The standard InChI is InChI=1S/C19H20N4OS/c1-13-7-4-5-10-16(13)11-20-23-17(21-22-19(23)25)12-24-18-14(2)8-6-9-15(18)3/h4-11H,12H2,1-3H3,(H,22,25)/b20-11-. The smallest absolute Gasteiger partial charge is 0.216 e. The van der Waals surface area contributed by atoms with Crippen LogP contribution >= 0.6 is 12.2 Å². The third kappa shape index (κ3) is 3.85. The van der Waals surface area contributed by atoms with Crippen molar-refractivity contribution < 1.29 is 4.74 Å². The Kier molecular flexibility index (Phi) is 5.09. The first-order valence-electron chi connectivity index (χ1n) is 8.01. The first kappa shape index (κ1) is 17.1. The Morgan fingerprint density at radius 2 is 1.76 bits per heavy atom. The minimum Gasteiger partial charge on any atom is -0.485 e. The zero-order valence-electron chi connectivity index (χ0n) is 14.5. The van der Waals surface area contributed by atoms with Crippen molar-refractivity contribution in [1.29, 1.82) is 0 Å². The van der Waals surface area contributed by atoms with Gasteiger partial charge in [-0.15, -0.1) is 0 Å². The average molecular weight is 352 g/mol. The van der Waals surface area contributed by atoms with Crippen LogP contribution in [0.1, 0.15) is 28.1 Å². The minimum atomic E-state index is 0.282. The number of hydrogen-bond acceptors (Lipinski definition) is 4. The van der Waals surface area contributed by atoms with Gasteiger partial charge in [0.2, 0.25) is 4.77 Å². The molecule has 0 atom stereocenters. The third-order valence-corrected chi connectivity index (χ3v) is 4.24. The lowest BCUT2D eigenvalue weighted by molar-refractivity contribution is 0.287. The molecule has 5 nitrogen and oxygen atoms in total. The lowest BCUT2D eigenvalue weighted by Gasteiger charge is -2.11. The van der Waals surface area contributed by atoms with Crippen molar-refractivity contribution in [2.24, 2.45) is 5.10 Å². The first-order valence-corrected chi connectivity index (χ1v) is 8.42. The molecule has 1 aromatic heterocycles. The van der Waals surface area contributed by atoms with Gasteiger partial charge in [-0.1, -0.05) is 42.5 Å². The molecule has 0 fully saturated rings. The monoisotopic (exact) mass is 352 g/mol. The van der Waals surface area contributed by atoms with E-state index in [2.05, 4.69) is 15.3 Å². The van der Waals surface area contributed by atoms with Crippen LogP contribution in [0.5, 0.6) is 5.75 Å². The molecule has 0 saturated carbocycles. The number of para-hydroxylation sites is 1. The molecule has 0 aliphatic carbocycles. The molecule has 1 N–H and O–H groups in total. The zero-order valence-corrected chi connectivity index (χ0v) is 15.3. The van der Waals surface area contributed by atoms with Gasteiger partial charge in [-0.3, -0.25) is 0 Å². The Hall–Kier alpha value is -2.73. The van der Waals surface area contributed by atoms with Crippen LogP contribution in [0.2, 0.25) is 0 Å². The maximum atomic E-state index is 5.96. The van der Waals surface area contributed by atoms with Gasteiger partial charge in [-0.05, 0) is 55.2 Å². The molecule has 0 bridgehead atoms. The summed E-state index contributed by atoms with van der Waals surface area (Å²) in [6, 6.07) is 14.1. The Morgan fingerprint density at radius 3 is 2.48 bits per heavy atom. The van der Waals surface area contributed by atoms with Crippen molar-refractivity contribution >= 4 is 18.4 Å². The van der Waals surface area contributed by atoms with Gasteiger partial charge in [0.15, 0.2) is 5.82 Å². The number of aromatic nitrogens is 3. The second kappa shape index (κ2) is 7.44. The van der Waals surface area contributed by atoms with Crippen molar-refractivity contribution in [2.45, 2.75) is 27.4 Å². The summed E-state index contributed by atoms with van der Waals surface area (Å²) in [6.07, 6.45) is 1.78. The first-order chi connectivity index (χ1) is 12.1. The lowest BCUT2D eigenvalue weighted by atomic mass is 10.1. The minimum absolute atomic E-state index is 0.282. The number of nitrogens with one attached hydrogen (secondary N) is 1. The molecule has 3 rings (SSSR count). The number of aromatic amines is 1. The number of rotatable bonds is 5. The molecule has 1 heterocycles. The quantitative estimate of drug-likeness (QED) is 0.549. The van der Waals surface area contributed by atoms with E-state index in [1.807, 2.05) is 63.2 Å². The maximum Gasteiger partial charge on any atom is 0.216 e. The van der Waals surface area contributed by atoms with Crippen LogP contribution in [0, 0.1) is 25.5 Å². The van der Waals surface area contributed by atoms with Crippen molar-refractivity contribution in [2.75, 3.05) is 0 Å². The fraction of sp³-hybridized carbons (Fsp3) is 0.211. The molecule has 0 aliphatic rings. The number of hydrogen-bond donors (Lipinski definition) is 1. The third-order valence-electron chi connectivity index (χ3n) is 3.97. The molecule has 0 amide bonds. The van der Waals surface area contributed by atoms with E-state index in [-0.39, 0.29) is 6.61 Å². The molecule has 0 saturated heterocycles. The number of ether oxygens (including phenoxy) is 1. The second-order valence-corrected chi connectivity index (χ2v) is 6.25. The van der Waals surface area contributed by atoms with Gasteiger partial charge in [0.05, 0.1) is 6.21 Å². The zero-order chi connectivity index (χ0) is 17.8. The largest absolute Gasteiger partial charge is 0.485 e. The van der Waals surface area contributed by atoms with Gasteiger partial charge in [-0.25, -0.2) is 5.10 Å². The van der Waals surface area contributed by atoms with Crippen LogP contribution < -0.4 is 4.74 Å². The van der Waals surface area contributed by atoms with Gasteiger partial charge in [0.1, 0.15) is 12.4 Å². The summed E-state index contributed by atoms with van der Waals surface area (Å²) >= 11 is 5.28. The van der Waals surface area contributed by atoms with E-state index in [1.54, 1.807) is 10.9 Å². The van der Waals surface area contributed by atoms with E-state index in [4.69, 9.17) is 17.0 Å². The Labute approximate surface area is 152 Å². The summed E-state index contributed by atoms with van der Waals surface area (Å²) in [5.74, 6) is 1.49. The van der Waals surface area contributed by atoms with E-state index in [1.165, 1.54) is 0 Å². The van der Waals surface area contributed by atoms with Crippen LogP contribution in [-0.4, -0.2) is 21.1 Å². The Morgan fingerprint density at radius 1 is 1.08 bits per heavy atom. The molecular formula is C19H20N4OS. The van der Waals surface area contributed by atoms with Crippen molar-refractivity contribution in [1.82, 2.24) is 14.9 Å². The highest BCUT2D eigenvalue weighted by Gasteiger charge is 2.09. The lowest BCUT2D eigenvalue weighted by Crippen LogP contribution is -2.05. The molecule has 25 heavy (non-hydrogen) atoms. The van der Waals surface area contributed by atoms with Gasteiger partial charge in [0.25, 0.3) is 0 Å². The van der Waals surface area contributed by atoms with E-state index in [0.29, 0.717) is 10.6 Å². The van der Waals surface area contributed by atoms with Crippen LogP contribution in [-0.2, 0) is 6.61 Å². The fourth-order valence-electron chi connectivity index (χ4n) is 2.55. The summed E-state index contributed by atoms with van der Waals surface area (Å²) in [5.41, 5.74) is 4.36. The van der Waals surface area contributed by atoms with E-state index >= 15 is 0 Å². The summed E-state index contributed by atoms with van der Waals surface area (Å²) in [6.45, 7) is 6.37.